The molecule has 1 amide bonds. The Hall–Kier alpha value is -3.37. The van der Waals surface area contributed by atoms with Gasteiger partial charge in [0.2, 0.25) is 5.13 Å². The van der Waals surface area contributed by atoms with Crippen molar-refractivity contribution in [1.29, 1.82) is 5.41 Å². The molecule has 10 heteroatoms. The number of fused-ring (bicyclic) bond motifs is 1. The number of hydrogen-bond donors (Lipinski definition) is 1. The average molecular weight is 405 g/mol. The van der Waals surface area contributed by atoms with E-state index in [4.69, 9.17) is 5.41 Å². The summed E-state index contributed by atoms with van der Waals surface area (Å²) in [4.78, 5) is 16.4. The van der Waals surface area contributed by atoms with Gasteiger partial charge in [-0.3, -0.25) is 14.8 Å². The molecule has 0 unspecified atom stereocenters. The number of aromatic nitrogens is 3. The Bertz CT molecular complexity index is 1190. The van der Waals surface area contributed by atoms with Crippen molar-refractivity contribution in [3.8, 4) is 15.7 Å². The molecule has 1 N–H and O–H groups in total. The minimum atomic E-state index is -0.454. The fourth-order valence-corrected chi connectivity index (χ4v) is 4.25. The van der Waals surface area contributed by atoms with Gasteiger partial charge in [-0.05, 0) is 30.0 Å². The van der Waals surface area contributed by atoms with Crippen LogP contribution >= 0.6 is 23.1 Å². The van der Waals surface area contributed by atoms with Gasteiger partial charge in [0.15, 0.2) is 11.0 Å². The summed E-state index contributed by atoms with van der Waals surface area (Å²) >= 11 is 2.66. The van der Waals surface area contributed by atoms with Gasteiger partial charge in [-0.1, -0.05) is 41.7 Å². The molecule has 2 aliphatic rings. The Kier molecular flexibility index (Phi) is 3.99. The molecule has 0 spiro atoms. The van der Waals surface area contributed by atoms with Crippen molar-refractivity contribution in [3.63, 3.8) is 0 Å². The highest BCUT2D eigenvalue weighted by molar-refractivity contribution is 8.25. The van der Waals surface area contributed by atoms with E-state index in [1.807, 2.05) is 53.2 Å². The number of thioether (sulfide) groups is 1. The number of nitrogens with one attached hydrogen (secondary N) is 1. The minimum absolute atomic E-state index is 0.00578. The lowest BCUT2D eigenvalue weighted by molar-refractivity contribution is -0.114. The summed E-state index contributed by atoms with van der Waals surface area (Å²) in [7, 11) is 0. The molecule has 0 saturated carbocycles. The first-order valence-electron chi connectivity index (χ1n) is 8.20. The van der Waals surface area contributed by atoms with Gasteiger partial charge in [0.1, 0.15) is 5.01 Å². The van der Waals surface area contributed by atoms with E-state index in [1.165, 1.54) is 28.1 Å². The molecule has 0 atom stereocenters. The quantitative estimate of drug-likeness (QED) is 0.675. The summed E-state index contributed by atoms with van der Waals surface area (Å²) in [6, 6.07) is 13.5. The first-order chi connectivity index (χ1) is 13.7. The Morgan fingerprint density at radius 2 is 1.93 bits per heavy atom. The molecule has 136 valence electrons. The number of nitrogens with zero attached hydrogens (tertiary/aromatic N) is 6. The van der Waals surface area contributed by atoms with Crippen LogP contribution in [0.1, 0.15) is 5.69 Å². The maximum Gasteiger partial charge on any atom is 0.283 e. The van der Waals surface area contributed by atoms with Crippen LogP contribution in [0.5, 0.6) is 0 Å². The van der Waals surface area contributed by atoms with E-state index in [0.717, 1.165) is 10.6 Å². The molecule has 28 heavy (non-hydrogen) atoms. The predicted molar refractivity (Wildman–Crippen MR) is 111 cm³/mol. The Balaban J connectivity index is 1.52. The van der Waals surface area contributed by atoms with Gasteiger partial charge in [0.05, 0.1) is 11.1 Å². The van der Waals surface area contributed by atoms with E-state index < -0.39 is 5.91 Å². The second-order valence-corrected chi connectivity index (χ2v) is 7.58. The van der Waals surface area contributed by atoms with Gasteiger partial charge in [0, 0.05) is 17.5 Å². The summed E-state index contributed by atoms with van der Waals surface area (Å²) in [5.74, 6) is -0.449. The Morgan fingerprint density at radius 3 is 2.79 bits per heavy atom. The largest absolute Gasteiger partial charge is 0.292 e. The molecule has 0 fully saturated rings. The van der Waals surface area contributed by atoms with Crippen LogP contribution in [0.25, 0.3) is 21.8 Å². The van der Waals surface area contributed by atoms with Crippen molar-refractivity contribution >= 4 is 51.6 Å². The van der Waals surface area contributed by atoms with E-state index in [-0.39, 0.29) is 11.4 Å². The topological polar surface area (TPSA) is 99.6 Å². The van der Waals surface area contributed by atoms with Crippen molar-refractivity contribution < 1.29 is 4.79 Å². The maximum atomic E-state index is 12.4. The predicted octanol–water partition coefficient (Wildman–Crippen LogP) is 3.24. The van der Waals surface area contributed by atoms with Crippen LogP contribution in [0.2, 0.25) is 0 Å². The SMILES string of the molecule is N=C1/C(=C/c2cccn2-c2nnc(-c3ccccc3)s2)C(=O)N=C2SC=NN12. The summed E-state index contributed by atoms with van der Waals surface area (Å²) < 4.78 is 1.83. The first kappa shape index (κ1) is 16.8. The third-order valence-corrected chi connectivity index (χ3v) is 5.76. The number of hydrazone groups is 1. The van der Waals surface area contributed by atoms with Crippen LogP contribution in [-0.2, 0) is 4.79 Å². The van der Waals surface area contributed by atoms with Crippen molar-refractivity contribution in [1.82, 2.24) is 19.8 Å². The highest BCUT2D eigenvalue weighted by Crippen LogP contribution is 2.28. The van der Waals surface area contributed by atoms with Crippen LogP contribution in [0.15, 0.2) is 64.3 Å². The summed E-state index contributed by atoms with van der Waals surface area (Å²) in [6.07, 6.45) is 3.48. The fraction of sp³-hybridized carbons (Fsp3) is 0. The minimum Gasteiger partial charge on any atom is -0.292 e. The van der Waals surface area contributed by atoms with E-state index in [2.05, 4.69) is 20.3 Å². The van der Waals surface area contributed by atoms with E-state index >= 15 is 0 Å². The number of rotatable bonds is 3. The number of carbonyl (C=O) groups is 1. The third kappa shape index (κ3) is 2.79. The normalized spacial score (nSPS) is 17.4. The lowest BCUT2D eigenvalue weighted by Gasteiger charge is -2.20. The van der Waals surface area contributed by atoms with Crippen LogP contribution in [0.4, 0.5) is 0 Å². The van der Waals surface area contributed by atoms with Crippen LogP contribution in [-0.4, -0.2) is 42.2 Å². The summed E-state index contributed by atoms with van der Waals surface area (Å²) in [6.45, 7) is 0. The number of amides is 1. The lowest BCUT2D eigenvalue weighted by Crippen LogP contribution is -2.35. The number of benzene rings is 1. The smallest absolute Gasteiger partial charge is 0.283 e. The molecule has 2 aliphatic heterocycles. The van der Waals surface area contributed by atoms with Gasteiger partial charge in [-0.25, -0.2) is 0 Å². The third-order valence-electron chi connectivity index (χ3n) is 4.11. The van der Waals surface area contributed by atoms with Gasteiger partial charge < -0.3 is 0 Å². The van der Waals surface area contributed by atoms with Gasteiger partial charge in [0.25, 0.3) is 5.91 Å². The Labute approximate surface area is 167 Å². The highest BCUT2D eigenvalue weighted by Gasteiger charge is 2.32. The standard InChI is InChI=1S/C18H11N7OS2/c19-14-13(15(26)21-17-25(14)20-10-27-17)9-12-7-4-8-24(12)18-23-22-16(28-18)11-5-2-1-3-6-11/h1-10,19H/b13-9-,19-14?. The lowest BCUT2D eigenvalue weighted by atomic mass is 10.1. The van der Waals surface area contributed by atoms with Crippen LogP contribution in [0, 0.1) is 5.41 Å². The molecule has 0 radical (unpaired) electrons. The van der Waals surface area contributed by atoms with Crippen LogP contribution < -0.4 is 0 Å². The van der Waals surface area contributed by atoms with E-state index in [0.29, 0.717) is 16.0 Å². The average Bonchev–Trinajstić information content (AvgIpc) is 3.45. The molecule has 5 rings (SSSR count). The van der Waals surface area contributed by atoms with Crippen molar-refractivity contribution in [2.45, 2.75) is 0 Å². The Morgan fingerprint density at radius 1 is 1.07 bits per heavy atom. The summed E-state index contributed by atoms with van der Waals surface area (Å²) in [5.41, 5.74) is 3.43. The number of amidine groups is 2. The number of hydrogen-bond acceptors (Lipinski definition) is 7. The second kappa shape index (κ2) is 6.66. The molecule has 4 heterocycles. The zero-order valence-corrected chi connectivity index (χ0v) is 15.8. The molecular formula is C18H11N7OS2. The maximum absolute atomic E-state index is 12.4. The molecule has 3 aromatic rings. The number of carbonyl (C=O) groups excluding carboxylic acids is 1. The number of aliphatic imine (C=N–C) groups is 1. The van der Waals surface area contributed by atoms with Gasteiger partial charge in [-0.2, -0.15) is 15.1 Å². The van der Waals surface area contributed by atoms with Crippen molar-refractivity contribution in [3.05, 3.63) is 59.9 Å². The van der Waals surface area contributed by atoms with E-state index in [1.54, 1.807) is 11.6 Å². The zero-order chi connectivity index (χ0) is 19.1. The molecule has 0 aliphatic carbocycles. The summed E-state index contributed by atoms with van der Waals surface area (Å²) in [5, 5.41) is 24.1. The van der Waals surface area contributed by atoms with Crippen molar-refractivity contribution in [2.75, 3.05) is 0 Å². The zero-order valence-electron chi connectivity index (χ0n) is 14.2. The van der Waals surface area contributed by atoms with Crippen LogP contribution in [0.3, 0.4) is 0 Å². The molecule has 0 bridgehead atoms. The van der Waals surface area contributed by atoms with E-state index in [9.17, 15) is 4.79 Å². The molecule has 2 aromatic heterocycles. The molecular weight excluding hydrogens is 394 g/mol. The highest BCUT2D eigenvalue weighted by atomic mass is 32.2. The fourth-order valence-electron chi connectivity index (χ4n) is 2.78. The monoisotopic (exact) mass is 405 g/mol. The van der Waals surface area contributed by atoms with Gasteiger partial charge in [-0.15, -0.1) is 10.2 Å². The van der Waals surface area contributed by atoms with Gasteiger partial charge >= 0.3 is 0 Å². The second-order valence-electron chi connectivity index (χ2n) is 5.82. The molecule has 8 nitrogen and oxygen atoms in total. The first-order valence-corrected chi connectivity index (χ1v) is 9.90. The van der Waals surface area contributed by atoms with Crippen molar-refractivity contribution in [2.24, 2.45) is 10.1 Å². The molecule has 0 saturated heterocycles. The molecule has 1 aromatic carbocycles.